The summed E-state index contributed by atoms with van der Waals surface area (Å²) in [6.45, 7) is 0. The molecule has 0 radical (unpaired) electrons. The van der Waals surface area contributed by atoms with E-state index in [0.29, 0.717) is 17.1 Å². The summed E-state index contributed by atoms with van der Waals surface area (Å²) in [6.07, 6.45) is 6.90. The summed E-state index contributed by atoms with van der Waals surface area (Å²) in [6, 6.07) is 1.74. The molecule has 2 rings (SSSR count). The molecule has 0 aliphatic heterocycles. The Hall–Kier alpha value is -0.940. The van der Waals surface area contributed by atoms with Crippen LogP contribution in [0, 0.1) is 0 Å². The van der Waals surface area contributed by atoms with E-state index in [2.05, 4.69) is 16.6 Å². The first kappa shape index (κ1) is 13.5. The minimum absolute atomic E-state index is 0.0913. The fraction of sp³-hybridized carbons (Fsp3) is 0.500. The number of thioether (sulfide) groups is 1. The SMILES string of the molecule is CSC1CCC(Nc2nccc(C(=O)O)c2Cl)C1. The summed E-state index contributed by atoms with van der Waals surface area (Å²) in [5, 5.41) is 13.1. The van der Waals surface area contributed by atoms with Crippen LogP contribution < -0.4 is 5.32 Å². The Bertz CT molecular complexity index is 456. The van der Waals surface area contributed by atoms with E-state index in [1.54, 1.807) is 0 Å². The van der Waals surface area contributed by atoms with Gasteiger partial charge in [-0.1, -0.05) is 11.6 Å². The molecular weight excluding hydrogens is 272 g/mol. The number of anilines is 1. The molecule has 1 aliphatic carbocycles. The van der Waals surface area contributed by atoms with E-state index in [4.69, 9.17) is 16.7 Å². The number of carbonyl (C=O) groups is 1. The molecule has 1 aliphatic rings. The van der Waals surface area contributed by atoms with Gasteiger partial charge in [0.2, 0.25) is 0 Å². The van der Waals surface area contributed by atoms with Crippen molar-refractivity contribution in [2.24, 2.45) is 0 Å². The lowest BCUT2D eigenvalue weighted by Gasteiger charge is -2.15. The zero-order valence-electron chi connectivity index (χ0n) is 10.0. The standard InChI is InChI=1S/C12H15ClN2O2S/c1-18-8-3-2-7(6-8)15-11-10(13)9(12(16)17)4-5-14-11/h4-5,7-8H,2-3,6H2,1H3,(H,14,15)(H,16,17). The van der Waals surface area contributed by atoms with E-state index in [-0.39, 0.29) is 10.6 Å². The first-order valence-corrected chi connectivity index (χ1v) is 7.45. The van der Waals surface area contributed by atoms with E-state index in [1.165, 1.54) is 18.7 Å². The highest BCUT2D eigenvalue weighted by Gasteiger charge is 2.25. The first-order chi connectivity index (χ1) is 8.61. The summed E-state index contributed by atoms with van der Waals surface area (Å²) in [5.41, 5.74) is 0.0913. The van der Waals surface area contributed by atoms with Crippen LogP contribution in [0.2, 0.25) is 5.02 Å². The van der Waals surface area contributed by atoms with E-state index in [9.17, 15) is 4.79 Å². The van der Waals surface area contributed by atoms with Crippen molar-refractivity contribution in [3.05, 3.63) is 22.8 Å². The summed E-state index contributed by atoms with van der Waals surface area (Å²) in [4.78, 5) is 15.1. The average Bonchev–Trinajstić information content (AvgIpc) is 2.79. The van der Waals surface area contributed by atoms with Crippen molar-refractivity contribution in [3.63, 3.8) is 0 Å². The smallest absolute Gasteiger partial charge is 0.337 e. The number of halogens is 1. The average molecular weight is 287 g/mol. The number of aromatic carboxylic acids is 1. The largest absolute Gasteiger partial charge is 0.478 e. The van der Waals surface area contributed by atoms with Crippen LogP contribution in [0.25, 0.3) is 0 Å². The van der Waals surface area contributed by atoms with Crippen LogP contribution in [-0.4, -0.2) is 33.6 Å². The van der Waals surface area contributed by atoms with Crippen molar-refractivity contribution in [1.82, 2.24) is 4.98 Å². The van der Waals surface area contributed by atoms with Crippen LogP contribution in [0.4, 0.5) is 5.82 Å². The maximum Gasteiger partial charge on any atom is 0.337 e. The van der Waals surface area contributed by atoms with Gasteiger partial charge in [0.05, 0.1) is 10.6 Å². The lowest BCUT2D eigenvalue weighted by molar-refractivity contribution is 0.0697. The summed E-state index contributed by atoms with van der Waals surface area (Å²) in [5.74, 6) is -0.554. The van der Waals surface area contributed by atoms with Gasteiger partial charge in [0.25, 0.3) is 0 Å². The molecular formula is C12H15ClN2O2S. The second-order valence-electron chi connectivity index (χ2n) is 4.34. The van der Waals surface area contributed by atoms with Crippen LogP contribution in [0.15, 0.2) is 12.3 Å². The Morgan fingerprint density at radius 1 is 1.61 bits per heavy atom. The van der Waals surface area contributed by atoms with E-state index in [0.717, 1.165) is 12.8 Å². The number of nitrogens with zero attached hydrogens (tertiary/aromatic N) is 1. The van der Waals surface area contributed by atoms with Gasteiger partial charge < -0.3 is 10.4 Å². The van der Waals surface area contributed by atoms with E-state index in [1.807, 2.05) is 11.8 Å². The van der Waals surface area contributed by atoms with Crippen molar-refractivity contribution in [3.8, 4) is 0 Å². The molecule has 1 aromatic rings. The highest BCUT2D eigenvalue weighted by atomic mass is 35.5. The monoisotopic (exact) mass is 286 g/mol. The van der Waals surface area contributed by atoms with Crippen LogP contribution in [0.3, 0.4) is 0 Å². The predicted octanol–water partition coefficient (Wildman–Crippen LogP) is 3.13. The molecule has 0 amide bonds. The second kappa shape index (κ2) is 5.80. The molecule has 0 spiro atoms. The summed E-state index contributed by atoms with van der Waals surface area (Å²) < 4.78 is 0. The molecule has 98 valence electrons. The third-order valence-corrected chi connectivity index (χ3v) is 4.66. The van der Waals surface area contributed by atoms with Gasteiger partial charge in [-0.2, -0.15) is 11.8 Å². The van der Waals surface area contributed by atoms with Crippen LogP contribution in [0.1, 0.15) is 29.6 Å². The highest BCUT2D eigenvalue weighted by molar-refractivity contribution is 7.99. The van der Waals surface area contributed by atoms with Gasteiger partial charge >= 0.3 is 5.97 Å². The van der Waals surface area contributed by atoms with Crippen molar-refractivity contribution in [1.29, 1.82) is 0 Å². The summed E-state index contributed by atoms with van der Waals surface area (Å²) in [7, 11) is 0. The van der Waals surface area contributed by atoms with Crippen LogP contribution in [0.5, 0.6) is 0 Å². The fourth-order valence-corrected chi connectivity index (χ4v) is 3.23. The molecule has 0 saturated heterocycles. The molecule has 1 saturated carbocycles. The Morgan fingerprint density at radius 2 is 2.39 bits per heavy atom. The topological polar surface area (TPSA) is 62.2 Å². The van der Waals surface area contributed by atoms with Crippen LogP contribution >= 0.6 is 23.4 Å². The number of carboxylic acid groups (broad SMARTS) is 1. The Morgan fingerprint density at radius 3 is 3.00 bits per heavy atom. The molecule has 4 nitrogen and oxygen atoms in total. The highest BCUT2D eigenvalue weighted by Crippen LogP contribution is 2.32. The lowest BCUT2D eigenvalue weighted by atomic mass is 10.2. The molecule has 0 aromatic carbocycles. The molecule has 0 bridgehead atoms. The van der Waals surface area contributed by atoms with Gasteiger partial charge in [0.1, 0.15) is 5.82 Å². The molecule has 2 N–H and O–H groups in total. The second-order valence-corrected chi connectivity index (χ2v) is 5.85. The van der Waals surface area contributed by atoms with Gasteiger partial charge in [-0.3, -0.25) is 0 Å². The maximum atomic E-state index is 11.0. The third-order valence-electron chi connectivity index (χ3n) is 3.18. The number of rotatable bonds is 4. The lowest BCUT2D eigenvalue weighted by Crippen LogP contribution is -2.17. The minimum atomic E-state index is -1.03. The van der Waals surface area contributed by atoms with Gasteiger partial charge in [-0.05, 0) is 31.6 Å². The quantitative estimate of drug-likeness (QED) is 0.890. The van der Waals surface area contributed by atoms with E-state index >= 15 is 0 Å². The molecule has 18 heavy (non-hydrogen) atoms. The first-order valence-electron chi connectivity index (χ1n) is 5.79. The van der Waals surface area contributed by atoms with Gasteiger partial charge in [-0.25, -0.2) is 9.78 Å². The predicted molar refractivity (Wildman–Crippen MR) is 74.8 cm³/mol. The van der Waals surface area contributed by atoms with Gasteiger partial charge in [0.15, 0.2) is 0 Å². The van der Waals surface area contributed by atoms with Crippen molar-refractivity contribution in [2.75, 3.05) is 11.6 Å². The van der Waals surface area contributed by atoms with Crippen molar-refractivity contribution < 1.29 is 9.90 Å². The van der Waals surface area contributed by atoms with Crippen molar-refractivity contribution in [2.45, 2.75) is 30.6 Å². The molecule has 1 heterocycles. The zero-order chi connectivity index (χ0) is 13.1. The van der Waals surface area contributed by atoms with E-state index < -0.39 is 5.97 Å². The van der Waals surface area contributed by atoms with Crippen molar-refractivity contribution >= 4 is 35.1 Å². The van der Waals surface area contributed by atoms with Gasteiger partial charge in [-0.15, -0.1) is 0 Å². The number of carboxylic acids is 1. The third kappa shape index (κ3) is 2.90. The molecule has 2 atom stereocenters. The maximum absolute atomic E-state index is 11.0. The number of aromatic nitrogens is 1. The number of hydrogen-bond acceptors (Lipinski definition) is 4. The normalized spacial score (nSPS) is 23.0. The molecule has 6 heteroatoms. The Labute approximate surface area is 115 Å². The number of pyridine rings is 1. The zero-order valence-corrected chi connectivity index (χ0v) is 11.6. The van der Waals surface area contributed by atoms with Crippen LogP contribution in [-0.2, 0) is 0 Å². The molecule has 1 aromatic heterocycles. The van der Waals surface area contributed by atoms with Gasteiger partial charge in [0, 0.05) is 17.5 Å². The Kier molecular flexibility index (Phi) is 4.35. The molecule has 2 unspecified atom stereocenters. The summed E-state index contributed by atoms with van der Waals surface area (Å²) >= 11 is 7.91. The number of nitrogens with one attached hydrogen (secondary N) is 1. The minimum Gasteiger partial charge on any atom is -0.478 e. The fourth-order valence-electron chi connectivity index (χ4n) is 2.19. The Balaban J connectivity index is 2.10. The number of hydrogen-bond donors (Lipinski definition) is 2. The molecule has 1 fully saturated rings.